The third-order valence-corrected chi connectivity index (χ3v) is 5.03. The number of ether oxygens (including phenoxy) is 1. The number of fused-ring (bicyclic) bond motifs is 3. The molecule has 0 bridgehead atoms. The normalized spacial score (nSPS) is 19.8. The van der Waals surface area contributed by atoms with Crippen molar-refractivity contribution < 1.29 is 14.3 Å². The molecular formula is C17H15N3O3S. The van der Waals surface area contributed by atoms with Crippen molar-refractivity contribution in [3.63, 3.8) is 0 Å². The van der Waals surface area contributed by atoms with Crippen molar-refractivity contribution in [1.82, 2.24) is 9.55 Å². The van der Waals surface area contributed by atoms with Gasteiger partial charge in [-0.3, -0.25) is 14.9 Å². The summed E-state index contributed by atoms with van der Waals surface area (Å²) < 4.78 is 7.08. The molecule has 1 aromatic carbocycles. The molecular weight excluding hydrogens is 326 g/mol. The molecule has 1 amide bonds. The Morgan fingerprint density at radius 1 is 1.33 bits per heavy atom. The van der Waals surface area contributed by atoms with Gasteiger partial charge < -0.3 is 9.30 Å². The van der Waals surface area contributed by atoms with Gasteiger partial charge in [0, 0.05) is 4.88 Å². The number of carbonyl (C=O) groups is 2. The lowest BCUT2D eigenvalue weighted by Gasteiger charge is -2.31. The van der Waals surface area contributed by atoms with Crippen LogP contribution in [0.15, 0.2) is 41.8 Å². The number of aromatic nitrogens is 2. The van der Waals surface area contributed by atoms with Crippen molar-refractivity contribution in [3.8, 4) is 0 Å². The zero-order valence-corrected chi connectivity index (χ0v) is 13.7. The molecule has 1 N–H and O–H groups in total. The molecule has 2 atom stereocenters. The van der Waals surface area contributed by atoms with Gasteiger partial charge in [0.2, 0.25) is 11.9 Å². The Hall–Kier alpha value is -2.67. The van der Waals surface area contributed by atoms with E-state index < -0.39 is 17.9 Å². The van der Waals surface area contributed by atoms with E-state index in [1.54, 1.807) is 6.92 Å². The van der Waals surface area contributed by atoms with E-state index in [2.05, 4.69) is 10.3 Å². The molecule has 2 unspecified atom stereocenters. The quantitative estimate of drug-likeness (QED) is 0.587. The molecule has 0 saturated heterocycles. The highest BCUT2D eigenvalue weighted by atomic mass is 32.1. The maximum atomic E-state index is 12.6. The van der Waals surface area contributed by atoms with Crippen LogP contribution in [0.5, 0.6) is 0 Å². The molecule has 3 aromatic rings. The molecule has 0 spiro atoms. The fourth-order valence-electron chi connectivity index (χ4n) is 3.11. The van der Waals surface area contributed by atoms with Crippen molar-refractivity contribution >= 4 is 40.2 Å². The first-order chi connectivity index (χ1) is 11.7. The van der Waals surface area contributed by atoms with Crippen LogP contribution < -0.4 is 5.32 Å². The van der Waals surface area contributed by atoms with Crippen LogP contribution in [0.25, 0.3) is 11.0 Å². The number of carbonyl (C=O) groups excluding carboxylic acids is 2. The first-order valence-electron chi connectivity index (χ1n) is 7.68. The Balaban J connectivity index is 1.95. The van der Waals surface area contributed by atoms with Crippen LogP contribution in [0.4, 0.5) is 5.95 Å². The lowest BCUT2D eigenvalue weighted by molar-refractivity contribution is -0.152. The molecule has 0 fully saturated rings. The second kappa shape index (κ2) is 5.76. The fraction of sp³-hybridized carbons (Fsp3) is 0.235. The number of esters is 1. The number of amides is 1. The molecule has 0 radical (unpaired) electrons. The number of thiophene rings is 1. The Labute approximate surface area is 142 Å². The molecule has 2 aromatic heterocycles. The van der Waals surface area contributed by atoms with Crippen molar-refractivity contribution in [3.05, 3.63) is 46.7 Å². The van der Waals surface area contributed by atoms with E-state index in [1.165, 1.54) is 11.3 Å². The third kappa shape index (κ3) is 2.20. The van der Waals surface area contributed by atoms with E-state index in [1.807, 2.05) is 46.3 Å². The monoisotopic (exact) mass is 341 g/mol. The molecule has 3 heterocycles. The molecule has 7 heteroatoms. The summed E-state index contributed by atoms with van der Waals surface area (Å²) in [4.78, 5) is 30.5. The SMILES string of the molecule is CCOC(=O)C1C(=O)Nc2nc3ccccc3n2C1c1cccs1. The van der Waals surface area contributed by atoms with E-state index in [4.69, 9.17) is 4.74 Å². The zero-order valence-electron chi connectivity index (χ0n) is 12.9. The average molecular weight is 341 g/mol. The molecule has 24 heavy (non-hydrogen) atoms. The number of hydrogen-bond acceptors (Lipinski definition) is 5. The van der Waals surface area contributed by atoms with Gasteiger partial charge in [-0.25, -0.2) is 4.98 Å². The Bertz CT molecular complexity index is 916. The van der Waals surface area contributed by atoms with Gasteiger partial charge in [-0.2, -0.15) is 0 Å². The van der Waals surface area contributed by atoms with Crippen molar-refractivity contribution in [2.45, 2.75) is 13.0 Å². The minimum atomic E-state index is -0.936. The fourth-order valence-corrected chi connectivity index (χ4v) is 3.97. The van der Waals surface area contributed by atoms with Crippen LogP contribution in [0.3, 0.4) is 0 Å². The molecule has 4 rings (SSSR count). The first kappa shape index (κ1) is 14.9. The van der Waals surface area contributed by atoms with Gasteiger partial charge in [0.1, 0.15) is 0 Å². The average Bonchev–Trinajstić information content (AvgIpc) is 3.21. The Morgan fingerprint density at radius 2 is 2.17 bits per heavy atom. The summed E-state index contributed by atoms with van der Waals surface area (Å²) >= 11 is 1.51. The van der Waals surface area contributed by atoms with Gasteiger partial charge in [0.05, 0.1) is 23.7 Å². The Morgan fingerprint density at radius 3 is 2.92 bits per heavy atom. The standard InChI is InChI=1S/C17H15N3O3S/c1-2-23-16(22)13-14(12-8-5-9-24-12)20-11-7-4-3-6-10(11)18-17(20)19-15(13)21/h3-9,13-14H,2H2,1H3,(H,18,19,21). The van der Waals surface area contributed by atoms with Crippen LogP contribution in [-0.2, 0) is 14.3 Å². The van der Waals surface area contributed by atoms with E-state index >= 15 is 0 Å². The van der Waals surface area contributed by atoms with Crippen molar-refractivity contribution in [2.24, 2.45) is 5.92 Å². The van der Waals surface area contributed by atoms with Crippen LogP contribution >= 0.6 is 11.3 Å². The molecule has 1 aliphatic heterocycles. The number of benzene rings is 1. The molecule has 0 saturated carbocycles. The van der Waals surface area contributed by atoms with Gasteiger partial charge in [0.15, 0.2) is 5.92 Å². The number of hydrogen-bond donors (Lipinski definition) is 1. The van der Waals surface area contributed by atoms with Crippen LogP contribution in [0, 0.1) is 5.92 Å². The molecule has 0 aliphatic carbocycles. The smallest absolute Gasteiger partial charge is 0.321 e. The zero-order chi connectivity index (χ0) is 16.7. The van der Waals surface area contributed by atoms with Gasteiger partial charge in [-0.05, 0) is 30.5 Å². The number of nitrogens with zero attached hydrogens (tertiary/aromatic N) is 2. The number of rotatable bonds is 3. The summed E-state index contributed by atoms with van der Waals surface area (Å²) in [5.41, 5.74) is 1.65. The number of anilines is 1. The van der Waals surface area contributed by atoms with E-state index in [9.17, 15) is 9.59 Å². The summed E-state index contributed by atoms with van der Waals surface area (Å²) in [5, 5.41) is 4.68. The van der Waals surface area contributed by atoms with Gasteiger partial charge in [0.25, 0.3) is 0 Å². The van der Waals surface area contributed by atoms with Gasteiger partial charge in [-0.15, -0.1) is 11.3 Å². The third-order valence-electron chi connectivity index (χ3n) is 4.08. The predicted octanol–water partition coefficient (Wildman–Crippen LogP) is 2.82. The van der Waals surface area contributed by atoms with Crippen LogP contribution in [0.1, 0.15) is 17.8 Å². The highest BCUT2D eigenvalue weighted by molar-refractivity contribution is 7.10. The summed E-state index contributed by atoms with van der Waals surface area (Å²) in [7, 11) is 0. The molecule has 6 nitrogen and oxygen atoms in total. The van der Waals surface area contributed by atoms with E-state index in [0.717, 1.165) is 15.9 Å². The van der Waals surface area contributed by atoms with Crippen LogP contribution in [0.2, 0.25) is 0 Å². The summed E-state index contributed by atoms with van der Waals surface area (Å²) in [6.07, 6.45) is 0. The minimum Gasteiger partial charge on any atom is -0.465 e. The second-order valence-corrected chi connectivity index (χ2v) is 6.45. The number of para-hydroxylation sites is 2. The maximum Gasteiger partial charge on any atom is 0.321 e. The summed E-state index contributed by atoms with van der Waals surface area (Å²) in [5.74, 6) is -1.37. The van der Waals surface area contributed by atoms with Crippen LogP contribution in [-0.4, -0.2) is 28.0 Å². The highest BCUT2D eigenvalue weighted by Crippen LogP contribution is 2.40. The van der Waals surface area contributed by atoms with Crippen molar-refractivity contribution in [2.75, 3.05) is 11.9 Å². The Kier molecular flexibility index (Phi) is 3.57. The highest BCUT2D eigenvalue weighted by Gasteiger charge is 2.44. The predicted molar refractivity (Wildman–Crippen MR) is 90.9 cm³/mol. The van der Waals surface area contributed by atoms with Crippen molar-refractivity contribution in [1.29, 1.82) is 0 Å². The lowest BCUT2D eigenvalue weighted by atomic mass is 9.95. The second-order valence-electron chi connectivity index (χ2n) is 5.47. The maximum absolute atomic E-state index is 12.6. The molecule has 1 aliphatic rings. The minimum absolute atomic E-state index is 0.233. The largest absolute Gasteiger partial charge is 0.465 e. The van der Waals surface area contributed by atoms with Gasteiger partial charge >= 0.3 is 5.97 Å². The lowest BCUT2D eigenvalue weighted by Crippen LogP contribution is -2.43. The number of imidazole rings is 1. The molecule has 122 valence electrons. The first-order valence-corrected chi connectivity index (χ1v) is 8.56. The topological polar surface area (TPSA) is 73.2 Å². The number of nitrogens with one attached hydrogen (secondary N) is 1. The van der Waals surface area contributed by atoms with Gasteiger partial charge in [-0.1, -0.05) is 18.2 Å². The van der Waals surface area contributed by atoms with E-state index in [0.29, 0.717) is 5.95 Å². The summed E-state index contributed by atoms with van der Waals surface area (Å²) in [6.45, 7) is 1.97. The van der Waals surface area contributed by atoms with E-state index in [-0.39, 0.29) is 12.5 Å². The summed E-state index contributed by atoms with van der Waals surface area (Å²) in [6, 6.07) is 11.0.